The van der Waals surface area contributed by atoms with Crippen LogP contribution in [0.4, 0.5) is 8.78 Å². The third kappa shape index (κ3) is 4.45. The number of carbonyl (C=O) groups is 1. The second-order valence-corrected chi connectivity index (χ2v) is 7.49. The van der Waals surface area contributed by atoms with Crippen LogP contribution in [-0.2, 0) is 14.4 Å². The fourth-order valence-electron chi connectivity index (χ4n) is 3.81. The SMILES string of the molecule is CC(=O)N1CCC(Oc2cc(C3=CC4(CCOC4)ON3)ccc2OC(F)F)CC1. The minimum Gasteiger partial charge on any atom is -0.486 e. The highest BCUT2D eigenvalue weighted by molar-refractivity contribution is 5.73. The van der Waals surface area contributed by atoms with Crippen molar-refractivity contribution in [3.8, 4) is 11.5 Å². The van der Waals surface area contributed by atoms with E-state index in [0.29, 0.717) is 39.1 Å². The highest BCUT2D eigenvalue weighted by atomic mass is 19.3. The Kier molecular flexibility index (Phi) is 5.60. The zero-order valence-corrected chi connectivity index (χ0v) is 16.2. The summed E-state index contributed by atoms with van der Waals surface area (Å²) in [5, 5.41) is 0. The summed E-state index contributed by atoms with van der Waals surface area (Å²) < 4.78 is 41.8. The highest BCUT2D eigenvalue weighted by Gasteiger charge is 2.39. The number of alkyl halides is 2. The van der Waals surface area contributed by atoms with Crippen LogP contribution >= 0.6 is 0 Å². The topological polar surface area (TPSA) is 69.3 Å². The third-order valence-corrected chi connectivity index (χ3v) is 5.44. The van der Waals surface area contributed by atoms with Crippen LogP contribution in [0.5, 0.6) is 11.5 Å². The number of piperidine rings is 1. The number of rotatable bonds is 5. The van der Waals surface area contributed by atoms with E-state index in [0.717, 1.165) is 17.7 Å². The monoisotopic (exact) mass is 410 g/mol. The number of hydroxylamine groups is 1. The lowest BCUT2D eigenvalue weighted by Gasteiger charge is -2.31. The summed E-state index contributed by atoms with van der Waals surface area (Å²) >= 11 is 0. The maximum absolute atomic E-state index is 12.8. The van der Waals surface area contributed by atoms with Crippen LogP contribution in [0.2, 0.25) is 0 Å². The second-order valence-electron chi connectivity index (χ2n) is 7.49. The molecular formula is C20H24F2N2O5. The van der Waals surface area contributed by atoms with Gasteiger partial charge in [-0.2, -0.15) is 8.78 Å². The Hall–Kier alpha value is -2.39. The van der Waals surface area contributed by atoms with Crippen molar-refractivity contribution < 1.29 is 32.6 Å². The number of likely N-dealkylation sites (tertiary alicyclic amines) is 1. The molecule has 1 spiro atoms. The molecule has 2 saturated heterocycles. The molecule has 0 aromatic heterocycles. The van der Waals surface area contributed by atoms with Crippen LogP contribution in [0.25, 0.3) is 5.70 Å². The lowest BCUT2D eigenvalue weighted by atomic mass is 10.0. The van der Waals surface area contributed by atoms with Crippen molar-refractivity contribution in [2.24, 2.45) is 0 Å². The van der Waals surface area contributed by atoms with E-state index in [2.05, 4.69) is 10.2 Å². The largest absolute Gasteiger partial charge is 0.486 e. The molecule has 4 rings (SSSR count). The van der Waals surface area contributed by atoms with Gasteiger partial charge in [-0.25, -0.2) is 0 Å². The number of benzene rings is 1. The molecular weight excluding hydrogens is 386 g/mol. The maximum atomic E-state index is 12.8. The molecule has 1 atom stereocenters. The standard InChI is InChI=1S/C20H24F2N2O5/c1-13(25)24-7-4-15(5-8-24)27-18-10-14(2-3-17(18)28-19(21)22)16-11-20(29-23-16)6-9-26-12-20/h2-3,10-11,15,19,23H,4-9,12H2,1H3. The van der Waals surface area contributed by atoms with E-state index >= 15 is 0 Å². The number of hydrogen-bond donors (Lipinski definition) is 1. The first-order chi connectivity index (χ1) is 13.9. The van der Waals surface area contributed by atoms with Crippen molar-refractivity contribution in [1.29, 1.82) is 0 Å². The Morgan fingerprint density at radius 3 is 2.76 bits per heavy atom. The van der Waals surface area contributed by atoms with Crippen LogP contribution in [0.1, 0.15) is 31.7 Å². The van der Waals surface area contributed by atoms with E-state index in [1.807, 2.05) is 6.08 Å². The number of ether oxygens (including phenoxy) is 3. The minimum absolute atomic E-state index is 0.0174. The normalized spacial score (nSPS) is 24.7. The molecule has 158 valence electrons. The predicted octanol–water partition coefficient (Wildman–Crippen LogP) is 2.71. The molecule has 29 heavy (non-hydrogen) atoms. The van der Waals surface area contributed by atoms with E-state index in [-0.39, 0.29) is 23.5 Å². The Morgan fingerprint density at radius 1 is 1.31 bits per heavy atom. The summed E-state index contributed by atoms with van der Waals surface area (Å²) in [6.07, 6.45) is 3.77. The van der Waals surface area contributed by atoms with Gasteiger partial charge in [0.1, 0.15) is 11.7 Å². The molecule has 3 aliphatic heterocycles. The zero-order chi connectivity index (χ0) is 20.4. The molecule has 0 saturated carbocycles. The summed E-state index contributed by atoms with van der Waals surface area (Å²) in [5.41, 5.74) is 3.89. The quantitative estimate of drug-likeness (QED) is 0.805. The molecule has 3 aliphatic rings. The Labute approximate surface area is 167 Å². The second kappa shape index (κ2) is 8.16. The first kappa shape index (κ1) is 19.9. The lowest BCUT2D eigenvalue weighted by molar-refractivity contribution is -0.130. The van der Waals surface area contributed by atoms with Crippen molar-refractivity contribution in [2.45, 2.75) is 44.5 Å². The van der Waals surface area contributed by atoms with Gasteiger partial charge < -0.3 is 19.1 Å². The van der Waals surface area contributed by atoms with Gasteiger partial charge in [0.15, 0.2) is 11.5 Å². The molecule has 3 heterocycles. The smallest absolute Gasteiger partial charge is 0.387 e. The van der Waals surface area contributed by atoms with E-state index in [9.17, 15) is 13.6 Å². The van der Waals surface area contributed by atoms with Crippen molar-refractivity contribution in [2.75, 3.05) is 26.3 Å². The average Bonchev–Trinajstić information content (AvgIpc) is 3.33. The third-order valence-electron chi connectivity index (χ3n) is 5.44. The van der Waals surface area contributed by atoms with E-state index in [4.69, 9.17) is 14.3 Å². The van der Waals surface area contributed by atoms with Gasteiger partial charge in [-0.15, -0.1) is 0 Å². The first-order valence-corrected chi connectivity index (χ1v) is 9.70. The number of carbonyl (C=O) groups excluding carboxylic acids is 1. The van der Waals surface area contributed by atoms with Crippen LogP contribution in [0.15, 0.2) is 24.3 Å². The summed E-state index contributed by atoms with van der Waals surface area (Å²) in [6.45, 7) is 0.829. The molecule has 1 aromatic rings. The summed E-state index contributed by atoms with van der Waals surface area (Å²) in [6, 6.07) is 4.83. The predicted molar refractivity (Wildman–Crippen MR) is 99.3 cm³/mol. The van der Waals surface area contributed by atoms with Crippen molar-refractivity contribution >= 4 is 11.6 Å². The first-order valence-electron chi connectivity index (χ1n) is 9.70. The Balaban J connectivity index is 1.53. The van der Waals surface area contributed by atoms with Gasteiger partial charge >= 0.3 is 6.61 Å². The van der Waals surface area contributed by atoms with Gasteiger partial charge in [0.25, 0.3) is 0 Å². The van der Waals surface area contributed by atoms with Gasteiger partial charge in [0.2, 0.25) is 5.91 Å². The molecule has 1 N–H and O–H groups in total. The number of nitrogens with zero attached hydrogens (tertiary/aromatic N) is 1. The Bertz CT molecular complexity index is 787. The molecule has 1 unspecified atom stereocenters. The Morgan fingerprint density at radius 2 is 2.10 bits per heavy atom. The molecule has 9 heteroatoms. The lowest BCUT2D eigenvalue weighted by Crippen LogP contribution is -2.40. The van der Waals surface area contributed by atoms with Gasteiger partial charge in [0.05, 0.1) is 12.3 Å². The van der Waals surface area contributed by atoms with Crippen LogP contribution in [0, 0.1) is 0 Å². The van der Waals surface area contributed by atoms with Gasteiger partial charge in [-0.3, -0.25) is 15.1 Å². The molecule has 1 aromatic carbocycles. The van der Waals surface area contributed by atoms with Crippen LogP contribution in [0.3, 0.4) is 0 Å². The molecule has 1 amide bonds. The number of halogens is 2. The number of amides is 1. The van der Waals surface area contributed by atoms with Crippen LogP contribution < -0.4 is 15.0 Å². The van der Waals surface area contributed by atoms with Crippen molar-refractivity contribution in [3.05, 3.63) is 29.8 Å². The van der Waals surface area contributed by atoms with Crippen molar-refractivity contribution in [3.63, 3.8) is 0 Å². The summed E-state index contributed by atoms with van der Waals surface area (Å²) in [4.78, 5) is 18.9. The molecule has 2 fully saturated rings. The number of hydrogen-bond acceptors (Lipinski definition) is 6. The maximum Gasteiger partial charge on any atom is 0.387 e. The fourth-order valence-corrected chi connectivity index (χ4v) is 3.81. The molecule has 7 nitrogen and oxygen atoms in total. The van der Waals surface area contributed by atoms with Gasteiger partial charge in [0, 0.05) is 51.4 Å². The van der Waals surface area contributed by atoms with Gasteiger partial charge in [-0.1, -0.05) is 0 Å². The zero-order valence-electron chi connectivity index (χ0n) is 16.2. The number of nitrogens with one attached hydrogen (secondary N) is 1. The molecule has 0 bridgehead atoms. The average molecular weight is 410 g/mol. The summed E-state index contributed by atoms with van der Waals surface area (Å²) in [7, 11) is 0. The fraction of sp³-hybridized carbons (Fsp3) is 0.550. The highest BCUT2D eigenvalue weighted by Crippen LogP contribution is 2.37. The van der Waals surface area contributed by atoms with E-state index in [1.54, 1.807) is 17.0 Å². The molecule has 0 aliphatic carbocycles. The molecule has 0 radical (unpaired) electrons. The van der Waals surface area contributed by atoms with Crippen LogP contribution in [-0.4, -0.2) is 55.4 Å². The minimum atomic E-state index is -2.95. The van der Waals surface area contributed by atoms with Crippen molar-refractivity contribution in [1.82, 2.24) is 10.4 Å². The van der Waals surface area contributed by atoms with Gasteiger partial charge in [-0.05, 0) is 24.3 Å². The van der Waals surface area contributed by atoms with E-state index < -0.39 is 12.2 Å². The van der Waals surface area contributed by atoms with E-state index in [1.165, 1.54) is 13.0 Å². The summed E-state index contributed by atoms with van der Waals surface area (Å²) in [5.74, 6) is 0.253.